The van der Waals surface area contributed by atoms with E-state index in [-0.39, 0.29) is 11.9 Å². The molecule has 0 saturated carbocycles. The van der Waals surface area contributed by atoms with Gasteiger partial charge in [0.2, 0.25) is 0 Å². The number of carbonyl (C=O) groups excluding carboxylic acids is 1. The Kier molecular flexibility index (Phi) is 5.11. The third-order valence-corrected chi connectivity index (χ3v) is 3.28. The number of aromatic nitrogens is 2. The molecule has 0 radical (unpaired) electrons. The lowest BCUT2D eigenvalue weighted by molar-refractivity contribution is 0.102. The second-order valence-electron chi connectivity index (χ2n) is 5.18. The fourth-order valence-corrected chi connectivity index (χ4v) is 2.09. The Hall–Kier alpha value is -2.14. The van der Waals surface area contributed by atoms with Crippen LogP contribution < -0.4 is 10.6 Å². The molecule has 1 unspecified atom stereocenters. The zero-order valence-corrected chi connectivity index (χ0v) is 12.8. The number of imidazole rings is 1. The van der Waals surface area contributed by atoms with E-state index in [1.165, 1.54) is 0 Å². The highest BCUT2D eigenvalue weighted by atomic mass is 16.1. The maximum Gasteiger partial charge on any atom is 0.275 e. The van der Waals surface area contributed by atoms with Crippen molar-refractivity contribution in [3.05, 3.63) is 48.0 Å². The Morgan fingerprint density at radius 3 is 2.90 bits per heavy atom. The number of carbonyl (C=O) groups is 1. The first-order chi connectivity index (χ1) is 10.1. The van der Waals surface area contributed by atoms with Gasteiger partial charge < -0.3 is 15.2 Å². The fourth-order valence-electron chi connectivity index (χ4n) is 2.09. The van der Waals surface area contributed by atoms with E-state index < -0.39 is 0 Å². The molecule has 1 heterocycles. The van der Waals surface area contributed by atoms with Crippen molar-refractivity contribution >= 4 is 11.6 Å². The Balaban J connectivity index is 2.05. The van der Waals surface area contributed by atoms with Gasteiger partial charge in [0.05, 0.1) is 6.33 Å². The van der Waals surface area contributed by atoms with E-state index in [1.54, 1.807) is 17.1 Å². The number of amides is 1. The molecule has 0 saturated heterocycles. The molecule has 2 rings (SSSR count). The maximum atomic E-state index is 12.1. The Morgan fingerprint density at radius 2 is 2.24 bits per heavy atom. The summed E-state index contributed by atoms with van der Waals surface area (Å²) in [4.78, 5) is 16.1. The van der Waals surface area contributed by atoms with Gasteiger partial charge in [0, 0.05) is 25.0 Å². The van der Waals surface area contributed by atoms with Crippen molar-refractivity contribution in [2.24, 2.45) is 7.05 Å². The molecule has 0 spiro atoms. The van der Waals surface area contributed by atoms with Crippen LogP contribution >= 0.6 is 0 Å². The van der Waals surface area contributed by atoms with Crippen LogP contribution in [0.15, 0.2) is 36.8 Å². The number of nitrogens with zero attached hydrogens (tertiary/aromatic N) is 2. The van der Waals surface area contributed by atoms with Crippen LogP contribution in [0.5, 0.6) is 0 Å². The van der Waals surface area contributed by atoms with Gasteiger partial charge in [0.1, 0.15) is 5.69 Å². The molecule has 1 atom stereocenters. The van der Waals surface area contributed by atoms with E-state index in [0.717, 1.165) is 24.2 Å². The number of nitrogens with one attached hydrogen (secondary N) is 2. The molecule has 0 aliphatic carbocycles. The lowest BCUT2D eigenvalue weighted by Crippen LogP contribution is -2.19. The van der Waals surface area contributed by atoms with Crippen LogP contribution in [0.1, 0.15) is 42.4 Å². The molecule has 0 fully saturated rings. The second-order valence-corrected chi connectivity index (χ2v) is 5.18. The summed E-state index contributed by atoms with van der Waals surface area (Å²) in [5, 5.41) is 6.32. The van der Waals surface area contributed by atoms with Crippen LogP contribution in [0, 0.1) is 0 Å². The fraction of sp³-hybridized carbons (Fsp3) is 0.375. The largest absolute Gasteiger partial charge is 0.340 e. The third kappa shape index (κ3) is 4.16. The van der Waals surface area contributed by atoms with Crippen LogP contribution in [0.3, 0.4) is 0 Å². The van der Waals surface area contributed by atoms with Crippen LogP contribution in [-0.4, -0.2) is 22.0 Å². The molecule has 21 heavy (non-hydrogen) atoms. The first-order valence-corrected chi connectivity index (χ1v) is 7.22. The lowest BCUT2D eigenvalue weighted by Gasteiger charge is -2.14. The summed E-state index contributed by atoms with van der Waals surface area (Å²) in [6, 6.07) is 8.15. The summed E-state index contributed by atoms with van der Waals surface area (Å²) in [5.74, 6) is -0.193. The summed E-state index contributed by atoms with van der Waals surface area (Å²) in [7, 11) is 1.84. The highest BCUT2D eigenvalue weighted by Gasteiger charge is 2.10. The van der Waals surface area contributed by atoms with E-state index in [9.17, 15) is 4.79 Å². The van der Waals surface area contributed by atoms with Gasteiger partial charge in [0.15, 0.2) is 0 Å². The van der Waals surface area contributed by atoms with Gasteiger partial charge in [-0.2, -0.15) is 0 Å². The van der Waals surface area contributed by atoms with E-state index in [4.69, 9.17) is 0 Å². The minimum Gasteiger partial charge on any atom is -0.340 e. The van der Waals surface area contributed by atoms with Crippen molar-refractivity contribution in [2.75, 3.05) is 11.9 Å². The average molecular weight is 286 g/mol. The minimum absolute atomic E-state index is 0.193. The smallest absolute Gasteiger partial charge is 0.275 e. The number of hydrogen-bond acceptors (Lipinski definition) is 3. The van der Waals surface area contributed by atoms with Crippen molar-refractivity contribution in [3.63, 3.8) is 0 Å². The molecular weight excluding hydrogens is 264 g/mol. The first-order valence-electron chi connectivity index (χ1n) is 7.22. The molecule has 2 N–H and O–H groups in total. The van der Waals surface area contributed by atoms with Crippen LogP contribution in [0.4, 0.5) is 5.69 Å². The van der Waals surface area contributed by atoms with Gasteiger partial charge >= 0.3 is 0 Å². The number of rotatable bonds is 6. The SMILES string of the molecule is CCCNC(C)c1cccc(NC(=O)c2cn(C)cn2)c1. The van der Waals surface area contributed by atoms with Crippen molar-refractivity contribution in [3.8, 4) is 0 Å². The van der Waals surface area contributed by atoms with Gasteiger partial charge in [-0.15, -0.1) is 0 Å². The monoisotopic (exact) mass is 286 g/mol. The molecule has 5 heteroatoms. The van der Waals surface area contributed by atoms with E-state index in [2.05, 4.69) is 35.5 Å². The van der Waals surface area contributed by atoms with E-state index >= 15 is 0 Å². The highest BCUT2D eigenvalue weighted by molar-refractivity contribution is 6.02. The highest BCUT2D eigenvalue weighted by Crippen LogP contribution is 2.18. The number of hydrogen-bond donors (Lipinski definition) is 2. The first kappa shape index (κ1) is 15.3. The summed E-state index contributed by atoms with van der Waals surface area (Å²) < 4.78 is 1.75. The van der Waals surface area contributed by atoms with Crippen molar-refractivity contribution in [1.29, 1.82) is 0 Å². The summed E-state index contributed by atoms with van der Waals surface area (Å²) in [5.41, 5.74) is 2.36. The van der Waals surface area contributed by atoms with Gasteiger partial charge in [-0.05, 0) is 37.6 Å². The van der Waals surface area contributed by atoms with Crippen LogP contribution in [0.25, 0.3) is 0 Å². The van der Waals surface area contributed by atoms with Crippen molar-refractivity contribution in [2.45, 2.75) is 26.3 Å². The normalized spacial score (nSPS) is 12.1. The van der Waals surface area contributed by atoms with Crippen molar-refractivity contribution in [1.82, 2.24) is 14.9 Å². The summed E-state index contributed by atoms with van der Waals surface area (Å²) in [6.45, 7) is 5.24. The summed E-state index contributed by atoms with van der Waals surface area (Å²) >= 11 is 0. The molecule has 5 nitrogen and oxygen atoms in total. The Labute approximate surface area is 125 Å². The quantitative estimate of drug-likeness (QED) is 0.858. The number of aryl methyl sites for hydroxylation is 1. The number of anilines is 1. The molecule has 0 aliphatic heterocycles. The molecule has 0 bridgehead atoms. The average Bonchev–Trinajstić information content (AvgIpc) is 2.91. The molecule has 0 aliphatic rings. The standard InChI is InChI=1S/C16H22N4O/c1-4-8-17-12(2)13-6-5-7-14(9-13)19-16(21)15-10-20(3)11-18-15/h5-7,9-12,17H,4,8H2,1-3H3,(H,19,21). The lowest BCUT2D eigenvalue weighted by atomic mass is 10.1. The molecule has 2 aromatic rings. The van der Waals surface area contributed by atoms with Crippen LogP contribution in [-0.2, 0) is 7.05 Å². The predicted molar refractivity (Wildman–Crippen MR) is 84.3 cm³/mol. The molecule has 1 aromatic heterocycles. The third-order valence-electron chi connectivity index (χ3n) is 3.28. The molecule has 1 aromatic carbocycles. The van der Waals surface area contributed by atoms with Gasteiger partial charge in [-0.1, -0.05) is 19.1 Å². The van der Waals surface area contributed by atoms with Gasteiger partial charge in [0.25, 0.3) is 5.91 Å². The molecule has 112 valence electrons. The number of benzene rings is 1. The predicted octanol–water partition coefficient (Wildman–Crippen LogP) is 2.73. The van der Waals surface area contributed by atoms with Gasteiger partial charge in [-0.25, -0.2) is 4.98 Å². The van der Waals surface area contributed by atoms with Crippen molar-refractivity contribution < 1.29 is 4.79 Å². The van der Waals surface area contributed by atoms with Gasteiger partial charge in [-0.3, -0.25) is 4.79 Å². The zero-order chi connectivity index (χ0) is 15.2. The van der Waals surface area contributed by atoms with Crippen LogP contribution in [0.2, 0.25) is 0 Å². The maximum absolute atomic E-state index is 12.1. The topological polar surface area (TPSA) is 58.9 Å². The van der Waals surface area contributed by atoms with E-state index in [1.807, 2.05) is 25.2 Å². The molecular formula is C16H22N4O. The second kappa shape index (κ2) is 7.04. The Bertz CT molecular complexity index is 606. The Morgan fingerprint density at radius 1 is 1.43 bits per heavy atom. The molecule has 1 amide bonds. The zero-order valence-electron chi connectivity index (χ0n) is 12.8. The minimum atomic E-state index is -0.193. The summed E-state index contributed by atoms with van der Waals surface area (Å²) in [6.07, 6.45) is 4.41. The van der Waals surface area contributed by atoms with E-state index in [0.29, 0.717) is 5.69 Å².